The van der Waals surface area contributed by atoms with Crippen LogP contribution in [-0.4, -0.2) is 61.9 Å². The van der Waals surface area contributed by atoms with Crippen molar-refractivity contribution in [3.8, 4) is 0 Å². The fourth-order valence-corrected chi connectivity index (χ4v) is 4.22. The Kier molecular flexibility index (Phi) is 6.78. The smallest absolute Gasteiger partial charge is 0.0639 e. The Morgan fingerprint density at radius 3 is 2.67 bits per heavy atom. The lowest BCUT2D eigenvalue weighted by molar-refractivity contribution is 0.120. The van der Waals surface area contributed by atoms with Crippen molar-refractivity contribution in [3.05, 3.63) is 29.3 Å². The number of rotatable bonds is 6. The number of anilines is 1. The highest BCUT2D eigenvalue weighted by molar-refractivity contribution is 6.33. The number of hydrogen-bond acceptors (Lipinski definition) is 4. The third kappa shape index (κ3) is 4.85. The van der Waals surface area contributed by atoms with E-state index >= 15 is 0 Å². The van der Waals surface area contributed by atoms with E-state index in [1.54, 1.807) is 0 Å². The number of aliphatic hydroxyl groups is 1. The van der Waals surface area contributed by atoms with E-state index in [2.05, 4.69) is 27.2 Å². The third-order valence-corrected chi connectivity index (χ3v) is 5.73. The summed E-state index contributed by atoms with van der Waals surface area (Å²) < 4.78 is 0. The predicted molar refractivity (Wildman–Crippen MR) is 101 cm³/mol. The van der Waals surface area contributed by atoms with E-state index in [9.17, 15) is 5.11 Å². The fourth-order valence-electron chi connectivity index (χ4n) is 3.96. The maximum atomic E-state index is 9.32. The second-order valence-corrected chi connectivity index (χ2v) is 7.57. The molecular weight excluding hydrogens is 322 g/mol. The SMILES string of the molecule is OC[C@@H]1CCCN(CCNC2CCN(c3ccccc3Cl)CC2)C1. The van der Waals surface area contributed by atoms with Crippen LogP contribution in [0.1, 0.15) is 25.7 Å². The van der Waals surface area contributed by atoms with Gasteiger partial charge in [-0.15, -0.1) is 0 Å². The van der Waals surface area contributed by atoms with Crippen molar-refractivity contribution in [1.29, 1.82) is 0 Å². The van der Waals surface area contributed by atoms with Gasteiger partial charge in [0.2, 0.25) is 0 Å². The molecule has 24 heavy (non-hydrogen) atoms. The number of aliphatic hydroxyl groups excluding tert-OH is 1. The predicted octanol–water partition coefficient (Wildman–Crippen LogP) is 2.60. The van der Waals surface area contributed by atoms with Gasteiger partial charge >= 0.3 is 0 Å². The van der Waals surface area contributed by atoms with Gasteiger partial charge in [0, 0.05) is 45.4 Å². The number of nitrogens with zero attached hydrogens (tertiary/aromatic N) is 2. The fraction of sp³-hybridized carbons (Fsp3) is 0.684. The lowest BCUT2D eigenvalue weighted by atomic mass is 9.99. The van der Waals surface area contributed by atoms with Gasteiger partial charge in [0.15, 0.2) is 0 Å². The Labute approximate surface area is 150 Å². The van der Waals surface area contributed by atoms with Crippen LogP contribution in [0.5, 0.6) is 0 Å². The molecule has 2 heterocycles. The summed E-state index contributed by atoms with van der Waals surface area (Å²) in [7, 11) is 0. The van der Waals surface area contributed by atoms with E-state index in [1.807, 2.05) is 12.1 Å². The summed E-state index contributed by atoms with van der Waals surface area (Å²) in [6.07, 6.45) is 4.75. The van der Waals surface area contributed by atoms with Gasteiger partial charge in [-0.1, -0.05) is 23.7 Å². The molecule has 1 aromatic carbocycles. The standard InChI is InChI=1S/C19H30ClN3O/c20-18-5-1-2-6-19(18)23-11-7-17(8-12-23)21-9-13-22-10-3-4-16(14-22)15-24/h1-2,5-6,16-17,21,24H,3-4,7-15H2/t16-/m1/s1. The number of piperidine rings is 2. The van der Waals surface area contributed by atoms with Crippen LogP contribution in [0.3, 0.4) is 0 Å². The van der Waals surface area contributed by atoms with Crippen LogP contribution in [0, 0.1) is 5.92 Å². The molecule has 3 rings (SSSR count). The number of para-hydroxylation sites is 1. The maximum Gasteiger partial charge on any atom is 0.0639 e. The molecule has 0 unspecified atom stereocenters. The Hall–Kier alpha value is -0.810. The summed E-state index contributed by atoms with van der Waals surface area (Å²) in [5.74, 6) is 0.484. The molecule has 5 heteroatoms. The summed E-state index contributed by atoms with van der Waals surface area (Å²) in [6, 6.07) is 8.75. The summed E-state index contributed by atoms with van der Waals surface area (Å²) in [4.78, 5) is 4.90. The Balaban J connectivity index is 1.36. The normalized spacial score (nSPS) is 23.6. The molecule has 0 saturated carbocycles. The molecule has 0 aliphatic carbocycles. The molecule has 2 saturated heterocycles. The van der Waals surface area contributed by atoms with Crippen molar-refractivity contribution >= 4 is 17.3 Å². The quantitative estimate of drug-likeness (QED) is 0.826. The monoisotopic (exact) mass is 351 g/mol. The van der Waals surface area contributed by atoms with Crippen LogP contribution in [0.25, 0.3) is 0 Å². The van der Waals surface area contributed by atoms with Crippen LogP contribution in [-0.2, 0) is 0 Å². The number of likely N-dealkylation sites (tertiary alicyclic amines) is 1. The first-order chi connectivity index (χ1) is 11.8. The van der Waals surface area contributed by atoms with E-state index in [0.717, 1.165) is 37.7 Å². The average molecular weight is 352 g/mol. The van der Waals surface area contributed by atoms with Crippen molar-refractivity contribution in [2.45, 2.75) is 31.7 Å². The minimum atomic E-state index is 0.338. The zero-order valence-corrected chi connectivity index (χ0v) is 15.2. The van der Waals surface area contributed by atoms with Gasteiger partial charge in [-0.25, -0.2) is 0 Å². The number of benzene rings is 1. The van der Waals surface area contributed by atoms with Crippen molar-refractivity contribution < 1.29 is 5.11 Å². The number of halogens is 1. The lowest BCUT2D eigenvalue weighted by Gasteiger charge is -2.35. The summed E-state index contributed by atoms with van der Waals surface area (Å²) >= 11 is 6.31. The molecule has 134 valence electrons. The average Bonchev–Trinajstić information content (AvgIpc) is 2.63. The number of hydrogen-bond donors (Lipinski definition) is 2. The van der Waals surface area contributed by atoms with Crippen molar-refractivity contribution in [3.63, 3.8) is 0 Å². The molecular formula is C19H30ClN3O. The summed E-state index contributed by atoms with van der Waals surface area (Å²) in [6.45, 7) is 6.86. The minimum Gasteiger partial charge on any atom is -0.396 e. The van der Waals surface area contributed by atoms with Crippen LogP contribution >= 0.6 is 11.6 Å². The molecule has 0 amide bonds. The second kappa shape index (κ2) is 9.04. The molecule has 2 aliphatic heterocycles. The van der Waals surface area contributed by atoms with Crippen molar-refractivity contribution in [2.24, 2.45) is 5.92 Å². The highest BCUT2D eigenvalue weighted by atomic mass is 35.5. The van der Waals surface area contributed by atoms with Gasteiger partial charge in [-0.2, -0.15) is 0 Å². The van der Waals surface area contributed by atoms with E-state index < -0.39 is 0 Å². The zero-order chi connectivity index (χ0) is 16.8. The minimum absolute atomic E-state index is 0.338. The van der Waals surface area contributed by atoms with Gasteiger partial charge in [-0.3, -0.25) is 0 Å². The molecule has 1 atom stereocenters. The molecule has 4 nitrogen and oxygen atoms in total. The summed E-state index contributed by atoms with van der Waals surface area (Å²) in [5.41, 5.74) is 1.17. The van der Waals surface area contributed by atoms with Crippen molar-refractivity contribution in [2.75, 3.05) is 50.8 Å². The first-order valence-corrected chi connectivity index (χ1v) is 9.70. The molecule has 0 aromatic heterocycles. The molecule has 2 fully saturated rings. The van der Waals surface area contributed by atoms with Crippen LogP contribution in [0.15, 0.2) is 24.3 Å². The van der Waals surface area contributed by atoms with Crippen LogP contribution in [0.2, 0.25) is 5.02 Å². The first kappa shape index (κ1) is 18.0. The molecule has 0 spiro atoms. The topological polar surface area (TPSA) is 38.7 Å². The van der Waals surface area contributed by atoms with Gasteiger partial charge in [0.05, 0.1) is 10.7 Å². The Morgan fingerprint density at radius 1 is 1.12 bits per heavy atom. The third-order valence-electron chi connectivity index (χ3n) is 5.41. The van der Waals surface area contributed by atoms with Crippen molar-refractivity contribution in [1.82, 2.24) is 10.2 Å². The highest BCUT2D eigenvalue weighted by Gasteiger charge is 2.22. The van der Waals surface area contributed by atoms with E-state index in [4.69, 9.17) is 11.6 Å². The molecule has 2 aliphatic rings. The highest BCUT2D eigenvalue weighted by Crippen LogP contribution is 2.27. The van der Waals surface area contributed by atoms with E-state index in [-0.39, 0.29) is 0 Å². The van der Waals surface area contributed by atoms with Crippen LogP contribution < -0.4 is 10.2 Å². The number of nitrogens with one attached hydrogen (secondary N) is 1. The van der Waals surface area contributed by atoms with E-state index in [0.29, 0.717) is 18.6 Å². The molecule has 2 N–H and O–H groups in total. The summed E-state index contributed by atoms with van der Waals surface area (Å²) in [5, 5.41) is 13.9. The Bertz CT molecular complexity index is 505. The van der Waals surface area contributed by atoms with Crippen LogP contribution in [0.4, 0.5) is 5.69 Å². The van der Waals surface area contributed by atoms with E-state index in [1.165, 1.54) is 37.9 Å². The second-order valence-electron chi connectivity index (χ2n) is 7.16. The molecule has 0 bridgehead atoms. The lowest BCUT2D eigenvalue weighted by Crippen LogP contribution is -2.46. The largest absolute Gasteiger partial charge is 0.396 e. The van der Waals surface area contributed by atoms with Gasteiger partial charge in [-0.05, 0) is 50.3 Å². The van der Waals surface area contributed by atoms with Gasteiger partial charge in [0.25, 0.3) is 0 Å². The zero-order valence-electron chi connectivity index (χ0n) is 14.5. The Morgan fingerprint density at radius 2 is 1.92 bits per heavy atom. The molecule has 1 aromatic rings. The maximum absolute atomic E-state index is 9.32. The molecule has 0 radical (unpaired) electrons. The van der Waals surface area contributed by atoms with Gasteiger partial charge < -0.3 is 20.2 Å². The van der Waals surface area contributed by atoms with Gasteiger partial charge in [0.1, 0.15) is 0 Å². The first-order valence-electron chi connectivity index (χ1n) is 9.32.